The van der Waals surface area contributed by atoms with Gasteiger partial charge in [-0.25, -0.2) is 4.98 Å². The van der Waals surface area contributed by atoms with E-state index in [9.17, 15) is 5.11 Å². The number of aromatic nitrogens is 4. The second-order valence-corrected chi connectivity index (χ2v) is 4.41. The molecule has 0 bridgehead atoms. The first-order chi connectivity index (χ1) is 8.66. The number of rotatable bonds is 3. The van der Waals surface area contributed by atoms with Crippen molar-refractivity contribution in [1.29, 1.82) is 0 Å². The maximum atomic E-state index is 10.2. The third-order valence-corrected chi connectivity index (χ3v) is 2.97. The molecule has 3 rings (SSSR count). The average Bonchev–Trinajstić information content (AvgIpc) is 2.95. The number of ether oxygens (including phenoxy) is 1. The Morgan fingerprint density at radius 3 is 3.22 bits per heavy atom. The van der Waals surface area contributed by atoms with E-state index in [0.29, 0.717) is 43.2 Å². The van der Waals surface area contributed by atoms with Crippen molar-refractivity contribution in [3.05, 3.63) is 6.33 Å². The lowest BCUT2D eigenvalue weighted by Gasteiger charge is -2.21. The highest BCUT2D eigenvalue weighted by molar-refractivity contribution is 5.83. The Morgan fingerprint density at radius 1 is 1.56 bits per heavy atom. The van der Waals surface area contributed by atoms with Gasteiger partial charge in [0, 0.05) is 19.6 Å². The lowest BCUT2D eigenvalue weighted by Crippen LogP contribution is -2.37. The van der Waals surface area contributed by atoms with Gasteiger partial charge in [0.1, 0.15) is 11.1 Å². The van der Waals surface area contributed by atoms with Crippen molar-refractivity contribution in [2.75, 3.05) is 30.8 Å². The van der Waals surface area contributed by atoms with Gasteiger partial charge in [-0.1, -0.05) is 0 Å². The number of aliphatic hydroxyl groups is 1. The van der Waals surface area contributed by atoms with E-state index in [1.54, 1.807) is 0 Å². The smallest absolute Gasteiger partial charge is 0.224 e. The van der Waals surface area contributed by atoms with Crippen LogP contribution in [0.4, 0.5) is 11.8 Å². The lowest BCUT2D eigenvalue weighted by molar-refractivity contribution is 0.0381. The van der Waals surface area contributed by atoms with Crippen molar-refractivity contribution < 1.29 is 9.84 Å². The number of hydrogen-bond acceptors (Lipinski definition) is 7. The van der Waals surface area contributed by atoms with Crippen molar-refractivity contribution in [1.82, 2.24) is 19.9 Å². The molecule has 8 heteroatoms. The fraction of sp³-hybridized carbons (Fsp3) is 0.500. The van der Waals surface area contributed by atoms with Gasteiger partial charge in [0.2, 0.25) is 5.95 Å². The van der Waals surface area contributed by atoms with E-state index in [0.717, 1.165) is 0 Å². The summed E-state index contributed by atoms with van der Waals surface area (Å²) in [4.78, 5) is 15.0. The average molecular weight is 250 g/mol. The highest BCUT2D eigenvalue weighted by atomic mass is 16.5. The van der Waals surface area contributed by atoms with E-state index in [4.69, 9.17) is 10.5 Å². The second-order valence-electron chi connectivity index (χ2n) is 4.41. The normalized spacial score (nSPS) is 23.6. The zero-order valence-electron chi connectivity index (χ0n) is 9.68. The van der Waals surface area contributed by atoms with E-state index in [2.05, 4.69) is 25.3 Å². The van der Waals surface area contributed by atoms with Crippen LogP contribution in [-0.4, -0.2) is 50.4 Å². The molecule has 1 unspecified atom stereocenters. The molecule has 0 saturated carbocycles. The van der Waals surface area contributed by atoms with Crippen LogP contribution in [0.2, 0.25) is 0 Å². The third-order valence-electron chi connectivity index (χ3n) is 2.97. The summed E-state index contributed by atoms with van der Waals surface area (Å²) in [6.45, 7) is 1.24. The summed E-state index contributed by atoms with van der Waals surface area (Å²) < 4.78 is 5.18. The minimum absolute atomic E-state index is 0.145. The van der Waals surface area contributed by atoms with E-state index in [1.807, 2.05) is 0 Å². The maximum absolute atomic E-state index is 10.2. The molecule has 0 spiro atoms. The molecule has 2 aromatic rings. The number of nitrogens with zero attached hydrogens (tertiary/aromatic N) is 3. The number of hydrogen-bond donors (Lipinski definition) is 4. The standard InChI is InChI=1S/C10H14N6O2/c11-9-15-7(6-8(16-9)14-5-13-6)12-3-10(17)1-2-18-4-10/h5,17H,1-4H2,(H4,11,12,13,14,15,16). The highest BCUT2D eigenvalue weighted by Gasteiger charge is 2.32. The third kappa shape index (κ3) is 1.95. The molecule has 5 N–H and O–H groups in total. The molecule has 2 aromatic heterocycles. The van der Waals surface area contributed by atoms with Crippen LogP contribution in [-0.2, 0) is 4.74 Å². The molecule has 3 heterocycles. The number of imidazole rings is 1. The lowest BCUT2D eigenvalue weighted by atomic mass is 10.0. The van der Waals surface area contributed by atoms with Crippen LogP contribution >= 0.6 is 0 Å². The predicted octanol–water partition coefficient (Wildman–Crippen LogP) is -0.502. The molecule has 96 valence electrons. The van der Waals surface area contributed by atoms with Crippen LogP contribution in [0.5, 0.6) is 0 Å². The van der Waals surface area contributed by atoms with Gasteiger partial charge in [-0.3, -0.25) is 0 Å². The number of nitrogen functional groups attached to an aromatic ring is 1. The molecule has 1 aliphatic rings. The summed E-state index contributed by atoms with van der Waals surface area (Å²) in [6, 6.07) is 0. The summed E-state index contributed by atoms with van der Waals surface area (Å²) in [6.07, 6.45) is 2.13. The van der Waals surface area contributed by atoms with Crippen LogP contribution < -0.4 is 11.1 Å². The number of nitrogens with one attached hydrogen (secondary N) is 2. The van der Waals surface area contributed by atoms with Crippen LogP contribution in [0.3, 0.4) is 0 Å². The van der Waals surface area contributed by atoms with Gasteiger partial charge < -0.3 is 25.9 Å². The highest BCUT2D eigenvalue weighted by Crippen LogP contribution is 2.21. The Labute approximate surface area is 103 Å². The fourth-order valence-electron chi connectivity index (χ4n) is 1.96. The molecule has 1 fully saturated rings. The van der Waals surface area contributed by atoms with E-state index in [-0.39, 0.29) is 5.95 Å². The van der Waals surface area contributed by atoms with Crippen LogP contribution in [0.25, 0.3) is 11.2 Å². The minimum Gasteiger partial charge on any atom is -0.386 e. The Morgan fingerprint density at radius 2 is 2.44 bits per heavy atom. The van der Waals surface area contributed by atoms with Crippen molar-refractivity contribution >= 4 is 22.9 Å². The van der Waals surface area contributed by atoms with Crippen molar-refractivity contribution in [2.24, 2.45) is 0 Å². The largest absolute Gasteiger partial charge is 0.386 e. The Bertz CT molecular complexity index is 562. The first-order valence-corrected chi connectivity index (χ1v) is 5.67. The molecule has 0 aromatic carbocycles. The summed E-state index contributed by atoms with van der Waals surface area (Å²) >= 11 is 0. The molecule has 8 nitrogen and oxygen atoms in total. The molecule has 0 amide bonds. The summed E-state index contributed by atoms with van der Waals surface area (Å²) in [5.41, 5.74) is 5.91. The van der Waals surface area contributed by atoms with Gasteiger partial charge in [0.25, 0.3) is 0 Å². The monoisotopic (exact) mass is 250 g/mol. The first-order valence-electron chi connectivity index (χ1n) is 5.67. The molecular formula is C10H14N6O2. The topological polar surface area (TPSA) is 122 Å². The summed E-state index contributed by atoms with van der Waals surface area (Å²) in [7, 11) is 0. The van der Waals surface area contributed by atoms with E-state index >= 15 is 0 Å². The SMILES string of the molecule is Nc1nc(NCC2(O)CCOC2)c2[nH]cnc2n1. The number of nitrogens with two attached hydrogens (primary N) is 1. The zero-order valence-corrected chi connectivity index (χ0v) is 9.68. The first kappa shape index (κ1) is 11.2. The number of aromatic amines is 1. The Hall–Kier alpha value is -1.93. The molecule has 1 atom stereocenters. The van der Waals surface area contributed by atoms with Gasteiger partial charge in [0.15, 0.2) is 11.5 Å². The van der Waals surface area contributed by atoms with Crippen LogP contribution in [0.1, 0.15) is 6.42 Å². The molecule has 0 radical (unpaired) electrons. The van der Waals surface area contributed by atoms with Gasteiger partial charge in [0.05, 0.1) is 12.9 Å². The molecular weight excluding hydrogens is 236 g/mol. The van der Waals surface area contributed by atoms with Crippen molar-refractivity contribution in [3.63, 3.8) is 0 Å². The quantitative estimate of drug-likeness (QED) is 0.579. The van der Waals surface area contributed by atoms with Crippen molar-refractivity contribution in [3.8, 4) is 0 Å². The van der Waals surface area contributed by atoms with Gasteiger partial charge in [-0.05, 0) is 0 Å². The van der Waals surface area contributed by atoms with Gasteiger partial charge >= 0.3 is 0 Å². The molecule has 1 saturated heterocycles. The number of anilines is 2. The fourth-order valence-corrected chi connectivity index (χ4v) is 1.96. The molecule has 1 aliphatic heterocycles. The second kappa shape index (κ2) is 4.07. The number of fused-ring (bicyclic) bond motifs is 1. The Kier molecular flexibility index (Phi) is 2.53. The molecule has 0 aliphatic carbocycles. The summed E-state index contributed by atoms with van der Waals surface area (Å²) in [5.74, 6) is 0.682. The Balaban J connectivity index is 1.83. The maximum Gasteiger partial charge on any atom is 0.224 e. The van der Waals surface area contributed by atoms with Crippen molar-refractivity contribution in [2.45, 2.75) is 12.0 Å². The number of H-pyrrole nitrogens is 1. The van der Waals surface area contributed by atoms with Crippen LogP contribution in [0.15, 0.2) is 6.33 Å². The predicted molar refractivity (Wildman–Crippen MR) is 65.0 cm³/mol. The summed E-state index contributed by atoms with van der Waals surface area (Å²) in [5, 5.41) is 13.2. The molecule has 18 heavy (non-hydrogen) atoms. The van der Waals surface area contributed by atoms with E-state index < -0.39 is 5.60 Å². The zero-order chi connectivity index (χ0) is 12.6. The van der Waals surface area contributed by atoms with Gasteiger partial charge in [-0.15, -0.1) is 0 Å². The van der Waals surface area contributed by atoms with E-state index in [1.165, 1.54) is 6.33 Å². The van der Waals surface area contributed by atoms with Crippen LogP contribution in [0, 0.1) is 0 Å². The van der Waals surface area contributed by atoms with Gasteiger partial charge in [-0.2, -0.15) is 9.97 Å². The minimum atomic E-state index is -0.855.